The van der Waals surface area contributed by atoms with Crippen LogP contribution < -0.4 is 16.6 Å². The minimum absolute atomic E-state index is 0.0142. The highest BCUT2D eigenvalue weighted by Crippen LogP contribution is 2.31. The van der Waals surface area contributed by atoms with Crippen molar-refractivity contribution in [1.29, 1.82) is 0 Å². The molecule has 0 atom stereocenters. The Morgan fingerprint density at radius 2 is 1.81 bits per heavy atom. The molecule has 0 bridgehead atoms. The highest BCUT2D eigenvalue weighted by molar-refractivity contribution is 7.16. The molecule has 2 heterocycles. The third-order valence-corrected chi connectivity index (χ3v) is 6.23. The number of amides is 1. The summed E-state index contributed by atoms with van der Waals surface area (Å²) in [6.07, 6.45) is -0.0142. The maximum absolute atomic E-state index is 12.7. The zero-order chi connectivity index (χ0) is 22.3. The van der Waals surface area contributed by atoms with Crippen LogP contribution in [0, 0.1) is 6.92 Å². The molecule has 0 unspecified atom stereocenters. The van der Waals surface area contributed by atoms with E-state index in [4.69, 9.17) is 11.6 Å². The maximum Gasteiger partial charge on any atom is 0.330 e. The van der Waals surface area contributed by atoms with Gasteiger partial charge in [-0.1, -0.05) is 35.9 Å². The van der Waals surface area contributed by atoms with Crippen molar-refractivity contribution in [1.82, 2.24) is 14.1 Å². The first-order valence-corrected chi connectivity index (χ1v) is 10.7. The monoisotopic (exact) mass is 454 g/mol. The van der Waals surface area contributed by atoms with Crippen LogP contribution in [-0.2, 0) is 25.3 Å². The van der Waals surface area contributed by atoms with Gasteiger partial charge in [-0.3, -0.25) is 18.7 Å². The Labute approximate surface area is 186 Å². The number of aromatic nitrogens is 3. The summed E-state index contributed by atoms with van der Waals surface area (Å²) >= 11 is 7.33. The minimum Gasteiger partial charge on any atom is -0.302 e. The van der Waals surface area contributed by atoms with Crippen LogP contribution in [0.4, 0.5) is 5.13 Å². The summed E-state index contributed by atoms with van der Waals surface area (Å²) in [5.74, 6) is -0.292. The summed E-state index contributed by atoms with van der Waals surface area (Å²) in [4.78, 5) is 43.1. The largest absolute Gasteiger partial charge is 0.330 e. The zero-order valence-corrected chi connectivity index (χ0v) is 18.7. The number of thiazole rings is 1. The van der Waals surface area contributed by atoms with E-state index in [0.717, 1.165) is 20.7 Å². The third-order valence-electron chi connectivity index (χ3n) is 5.09. The van der Waals surface area contributed by atoms with Gasteiger partial charge in [0.2, 0.25) is 5.91 Å². The number of aryl methyl sites for hydroxylation is 2. The second kappa shape index (κ2) is 8.13. The molecule has 0 spiro atoms. The number of rotatable bonds is 4. The Morgan fingerprint density at radius 1 is 1.10 bits per heavy atom. The first-order valence-electron chi connectivity index (χ1n) is 9.47. The lowest BCUT2D eigenvalue weighted by Crippen LogP contribution is -2.37. The fourth-order valence-corrected chi connectivity index (χ4v) is 4.48. The quantitative estimate of drug-likeness (QED) is 0.511. The van der Waals surface area contributed by atoms with Crippen molar-refractivity contribution in [3.05, 3.63) is 78.8 Å². The van der Waals surface area contributed by atoms with Crippen molar-refractivity contribution < 1.29 is 4.79 Å². The second-order valence-electron chi connectivity index (χ2n) is 7.17. The number of nitrogens with zero attached hydrogens (tertiary/aromatic N) is 3. The van der Waals surface area contributed by atoms with Gasteiger partial charge in [-0.05, 0) is 30.7 Å². The van der Waals surface area contributed by atoms with Crippen LogP contribution in [0.25, 0.3) is 22.2 Å². The topological polar surface area (TPSA) is 86.0 Å². The molecule has 4 aromatic rings. The molecule has 9 heteroatoms. The molecular weight excluding hydrogens is 436 g/mol. The van der Waals surface area contributed by atoms with Crippen molar-refractivity contribution in [2.75, 3.05) is 5.32 Å². The predicted molar refractivity (Wildman–Crippen MR) is 124 cm³/mol. The number of halogens is 1. The van der Waals surface area contributed by atoms with Gasteiger partial charge in [-0.25, -0.2) is 9.78 Å². The first-order chi connectivity index (χ1) is 14.8. The molecule has 0 aliphatic heterocycles. The summed E-state index contributed by atoms with van der Waals surface area (Å²) in [6.45, 7) is 1.94. The van der Waals surface area contributed by atoms with Gasteiger partial charge in [-0.2, -0.15) is 0 Å². The van der Waals surface area contributed by atoms with Gasteiger partial charge in [0.1, 0.15) is 0 Å². The fourth-order valence-electron chi connectivity index (χ4n) is 3.50. The average Bonchev–Trinajstić information content (AvgIpc) is 3.10. The molecule has 7 nitrogen and oxygen atoms in total. The van der Waals surface area contributed by atoms with Gasteiger partial charge >= 0.3 is 5.69 Å². The highest BCUT2D eigenvalue weighted by Gasteiger charge is 2.16. The molecule has 0 saturated carbocycles. The predicted octanol–water partition coefficient (Wildman–Crippen LogP) is 3.50. The van der Waals surface area contributed by atoms with E-state index in [1.165, 1.54) is 23.0 Å². The van der Waals surface area contributed by atoms with Crippen LogP contribution >= 0.6 is 22.9 Å². The SMILES string of the molecule is Cc1sc(NC(=O)Cc2cccc3c2c(=O)n(C)c(=O)n3C)nc1-c1ccc(Cl)cc1. The lowest BCUT2D eigenvalue weighted by atomic mass is 10.1. The Balaban J connectivity index is 1.63. The minimum atomic E-state index is -0.420. The van der Waals surface area contributed by atoms with E-state index in [0.29, 0.717) is 26.6 Å². The average molecular weight is 455 g/mol. The van der Waals surface area contributed by atoms with Crippen LogP contribution in [0.3, 0.4) is 0 Å². The summed E-state index contributed by atoms with van der Waals surface area (Å²) < 4.78 is 2.45. The van der Waals surface area contributed by atoms with Gasteiger partial charge in [0.25, 0.3) is 5.56 Å². The number of anilines is 1. The van der Waals surface area contributed by atoms with E-state index >= 15 is 0 Å². The van der Waals surface area contributed by atoms with E-state index in [2.05, 4.69) is 10.3 Å². The molecule has 1 amide bonds. The number of fused-ring (bicyclic) bond motifs is 1. The van der Waals surface area contributed by atoms with Crippen molar-refractivity contribution in [2.24, 2.45) is 14.1 Å². The van der Waals surface area contributed by atoms with E-state index in [9.17, 15) is 14.4 Å². The number of nitrogens with one attached hydrogen (secondary N) is 1. The number of benzene rings is 2. The number of hydrogen-bond donors (Lipinski definition) is 1. The van der Waals surface area contributed by atoms with Gasteiger partial charge in [-0.15, -0.1) is 11.3 Å². The molecule has 0 aliphatic carbocycles. The first kappa shape index (κ1) is 21.0. The van der Waals surface area contributed by atoms with Crippen molar-refractivity contribution >= 4 is 44.9 Å². The molecule has 0 aliphatic rings. The Bertz CT molecular complexity index is 1430. The van der Waals surface area contributed by atoms with Crippen molar-refractivity contribution in [3.8, 4) is 11.3 Å². The van der Waals surface area contributed by atoms with E-state index < -0.39 is 11.2 Å². The molecule has 4 rings (SSSR count). The summed E-state index contributed by atoms with van der Waals surface area (Å²) in [5.41, 5.74) is 1.91. The van der Waals surface area contributed by atoms with E-state index in [-0.39, 0.29) is 12.3 Å². The summed E-state index contributed by atoms with van der Waals surface area (Å²) in [6, 6.07) is 12.5. The van der Waals surface area contributed by atoms with Crippen molar-refractivity contribution in [2.45, 2.75) is 13.3 Å². The van der Waals surface area contributed by atoms with Gasteiger partial charge in [0, 0.05) is 29.6 Å². The Hall–Kier alpha value is -3.23. The highest BCUT2D eigenvalue weighted by atomic mass is 35.5. The number of carbonyl (C=O) groups excluding carboxylic acids is 1. The second-order valence-corrected chi connectivity index (χ2v) is 8.81. The maximum atomic E-state index is 12.7. The fraction of sp³-hybridized carbons (Fsp3) is 0.182. The lowest BCUT2D eigenvalue weighted by molar-refractivity contribution is -0.115. The smallest absolute Gasteiger partial charge is 0.302 e. The zero-order valence-electron chi connectivity index (χ0n) is 17.1. The van der Waals surface area contributed by atoms with Crippen LogP contribution in [0.15, 0.2) is 52.1 Å². The summed E-state index contributed by atoms with van der Waals surface area (Å²) in [7, 11) is 3.03. The van der Waals surface area contributed by atoms with Gasteiger partial charge in [0.15, 0.2) is 5.13 Å². The van der Waals surface area contributed by atoms with Gasteiger partial charge in [0.05, 0.1) is 23.0 Å². The Kier molecular flexibility index (Phi) is 5.51. The molecule has 0 saturated heterocycles. The molecule has 31 heavy (non-hydrogen) atoms. The van der Waals surface area contributed by atoms with Crippen LogP contribution in [0.5, 0.6) is 0 Å². The van der Waals surface area contributed by atoms with Crippen LogP contribution in [-0.4, -0.2) is 20.0 Å². The molecule has 158 valence electrons. The summed E-state index contributed by atoms with van der Waals surface area (Å²) in [5, 5.41) is 4.31. The van der Waals surface area contributed by atoms with E-state index in [1.807, 2.05) is 19.1 Å². The molecule has 0 fully saturated rings. The third kappa shape index (κ3) is 3.92. The van der Waals surface area contributed by atoms with Crippen LogP contribution in [0.1, 0.15) is 10.4 Å². The Morgan fingerprint density at radius 3 is 2.52 bits per heavy atom. The van der Waals surface area contributed by atoms with Crippen molar-refractivity contribution in [3.63, 3.8) is 0 Å². The normalized spacial score (nSPS) is 11.1. The number of carbonyl (C=O) groups is 1. The van der Waals surface area contributed by atoms with Crippen LogP contribution in [0.2, 0.25) is 5.02 Å². The number of hydrogen-bond acceptors (Lipinski definition) is 5. The van der Waals surface area contributed by atoms with Gasteiger partial charge < -0.3 is 5.32 Å². The standard InChI is InChI=1S/C22H19ClN4O3S/c1-12-19(13-7-9-15(23)10-8-13)25-21(31-12)24-17(28)11-14-5-4-6-16-18(14)20(29)27(3)22(30)26(16)2/h4-10H,11H2,1-3H3,(H,24,25,28). The molecule has 2 aromatic heterocycles. The van der Waals surface area contributed by atoms with E-state index in [1.54, 1.807) is 37.4 Å². The molecule has 1 N–H and O–H groups in total. The molecule has 2 aromatic carbocycles. The lowest BCUT2D eigenvalue weighted by Gasteiger charge is -2.10. The molecule has 0 radical (unpaired) electrons. The molecular formula is C22H19ClN4O3S.